The number of nitrogens with two attached hydrogens (primary N) is 2. The Morgan fingerprint density at radius 1 is 1.03 bits per heavy atom. The average molecular weight is 510 g/mol. The van der Waals surface area contributed by atoms with Gasteiger partial charge in [0.1, 0.15) is 11.6 Å². The summed E-state index contributed by atoms with van der Waals surface area (Å²) in [5.41, 5.74) is 13.0. The molecule has 4 rings (SSSR count). The number of fused-ring (bicyclic) bond motifs is 1. The number of aromatic hydroxyl groups is 1. The number of aliphatic imine (C=N–C) groups is 1. The molecule has 1 heterocycles. The van der Waals surface area contributed by atoms with E-state index in [1.165, 1.54) is 0 Å². The maximum atomic E-state index is 10.0. The minimum atomic E-state index is -0.0193. The number of anilines is 1. The van der Waals surface area contributed by atoms with Crippen molar-refractivity contribution in [3.63, 3.8) is 0 Å². The first-order valence-electron chi connectivity index (χ1n) is 10.3. The Balaban J connectivity index is 0.00000193. The fourth-order valence-electron chi connectivity index (χ4n) is 3.86. The van der Waals surface area contributed by atoms with Gasteiger partial charge in [0, 0.05) is 10.4 Å². The molecule has 1 fully saturated rings. The summed E-state index contributed by atoms with van der Waals surface area (Å²) in [7, 11) is 0. The maximum absolute atomic E-state index is 10.0. The van der Waals surface area contributed by atoms with Crippen molar-refractivity contribution in [3.05, 3.63) is 58.9 Å². The highest BCUT2D eigenvalue weighted by molar-refractivity contribution is 6.30. The lowest BCUT2D eigenvalue weighted by Gasteiger charge is -2.30. The van der Waals surface area contributed by atoms with Crippen LogP contribution in [0.4, 0.5) is 5.82 Å². The molecule has 1 aliphatic rings. The van der Waals surface area contributed by atoms with E-state index in [9.17, 15) is 5.11 Å². The summed E-state index contributed by atoms with van der Waals surface area (Å²) in [5.74, 6) is 1.47. The van der Waals surface area contributed by atoms with Crippen molar-refractivity contribution >= 4 is 71.2 Å². The molecule has 0 radical (unpaired) electrons. The molecular formula is C23H27Cl3N6O. The van der Waals surface area contributed by atoms with Crippen LogP contribution in [0, 0.1) is 0 Å². The van der Waals surface area contributed by atoms with Crippen LogP contribution in [0.1, 0.15) is 37.1 Å². The molecule has 6 N–H and O–H groups in total. The number of halogens is 3. The first kappa shape index (κ1) is 26.5. The zero-order chi connectivity index (χ0) is 21.8. The highest BCUT2D eigenvalue weighted by Gasteiger charge is 2.26. The summed E-state index contributed by atoms with van der Waals surface area (Å²) in [5, 5.41) is 15.0. The van der Waals surface area contributed by atoms with E-state index < -0.39 is 0 Å². The van der Waals surface area contributed by atoms with Crippen LogP contribution in [-0.2, 0) is 0 Å². The molecule has 1 aromatic heterocycles. The molecule has 2 atom stereocenters. The van der Waals surface area contributed by atoms with Gasteiger partial charge < -0.3 is 21.9 Å². The van der Waals surface area contributed by atoms with Crippen molar-refractivity contribution in [2.24, 2.45) is 16.5 Å². The molecule has 0 bridgehead atoms. The van der Waals surface area contributed by atoms with E-state index in [4.69, 9.17) is 28.1 Å². The Morgan fingerprint density at radius 3 is 2.48 bits per heavy atom. The fourth-order valence-corrected chi connectivity index (χ4v) is 3.99. The van der Waals surface area contributed by atoms with Gasteiger partial charge in [0.05, 0.1) is 17.6 Å². The fraction of sp³-hybridized carbons (Fsp3) is 0.261. The standard InChI is InChI=1S/C23H25ClN6O.2ClH/c24-15-8-5-14(6-9-15)7-12-21-27-18-11-10-16(31)13-17(18)22(30-21)28-19-3-1-2-4-20(19)29-23(25)26;;/h5-13,19-20,31H,1-4H2,(H4,25,26,29)(H,27,28,30);2*1H/b12-7+;;. The maximum Gasteiger partial charge on any atom is 0.186 e. The molecule has 3 aromatic rings. The van der Waals surface area contributed by atoms with Crippen LogP contribution in [0.5, 0.6) is 5.75 Å². The third kappa shape index (κ3) is 6.87. The molecule has 0 aliphatic heterocycles. The highest BCUT2D eigenvalue weighted by atomic mass is 35.5. The number of rotatable bonds is 5. The van der Waals surface area contributed by atoms with Gasteiger partial charge in [-0.25, -0.2) is 15.0 Å². The van der Waals surface area contributed by atoms with Gasteiger partial charge in [-0.1, -0.05) is 42.7 Å². The van der Waals surface area contributed by atoms with Gasteiger partial charge in [-0.15, -0.1) is 24.8 Å². The molecule has 2 unspecified atom stereocenters. The second-order valence-corrected chi connectivity index (χ2v) is 8.11. The number of benzene rings is 2. The number of hydrogen-bond acceptors (Lipinski definition) is 5. The molecule has 0 amide bonds. The molecule has 176 valence electrons. The Bertz CT molecular complexity index is 1130. The monoisotopic (exact) mass is 508 g/mol. The summed E-state index contributed by atoms with van der Waals surface area (Å²) in [6.07, 6.45) is 7.81. The predicted octanol–water partition coefficient (Wildman–Crippen LogP) is 5.00. The number of nitrogens with one attached hydrogen (secondary N) is 1. The molecule has 7 nitrogen and oxygen atoms in total. The molecule has 10 heteroatoms. The topological polar surface area (TPSA) is 122 Å². The van der Waals surface area contributed by atoms with Crippen molar-refractivity contribution in [3.8, 4) is 5.75 Å². The summed E-state index contributed by atoms with van der Waals surface area (Å²) < 4.78 is 0. The minimum absolute atomic E-state index is 0. The lowest BCUT2D eigenvalue weighted by atomic mass is 9.90. The second kappa shape index (κ2) is 11.9. The normalized spacial score (nSPS) is 17.7. The SMILES string of the molecule is Cl.Cl.NC(N)=NC1CCCCC1Nc1nc(/C=C/c2ccc(Cl)cc2)nc2ccc(O)cc12. The quantitative estimate of drug-likeness (QED) is 0.283. The summed E-state index contributed by atoms with van der Waals surface area (Å²) in [6, 6.07) is 12.6. The van der Waals surface area contributed by atoms with Gasteiger partial charge in [-0.05, 0) is 54.8 Å². The summed E-state index contributed by atoms with van der Waals surface area (Å²) in [6.45, 7) is 0. The Kier molecular flexibility index (Phi) is 9.58. The number of guanidine groups is 1. The van der Waals surface area contributed by atoms with Crippen molar-refractivity contribution < 1.29 is 5.11 Å². The summed E-state index contributed by atoms with van der Waals surface area (Å²) in [4.78, 5) is 13.8. The van der Waals surface area contributed by atoms with E-state index in [1.54, 1.807) is 18.2 Å². The van der Waals surface area contributed by atoms with Crippen LogP contribution >= 0.6 is 36.4 Å². The Morgan fingerprint density at radius 2 is 1.76 bits per heavy atom. The van der Waals surface area contributed by atoms with Crippen LogP contribution in [0.2, 0.25) is 5.02 Å². The van der Waals surface area contributed by atoms with Gasteiger partial charge in [0.2, 0.25) is 0 Å². The van der Waals surface area contributed by atoms with Crippen molar-refractivity contribution in [2.45, 2.75) is 37.8 Å². The molecule has 0 saturated heterocycles. The molecule has 1 aliphatic carbocycles. The van der Waals surface area contributed by atoms with E-state index in [1.807, 2.05) is 36.4 Å². The van der Waals surface area contributed by atoms with Gasteiger partial charge in [-0.2, -0.15) is 0 Å². The number of phenols is 1. The van der Waals surface area contributed by atoms with Gasteiger partial charge in [-0.3, -0.25) is 0 Å². The lowest BCUT2D eigenvalue weighted by molar-refractivity contribution is 0.405. The molecule has 2 aromatic carbocycles. The van der Waals surface area contributed by atoms with Crippen LogP contribution in [-0.4, -0.2) is 33.1 Å². The molecule has 33 heavy (non-hydrogen) atoms. The zero-order valence-electron chi connectivity index (χ0n) is 17.8. The molecular weight excluding hydrogens is 483 g/mol. The van der Waals surface area contributed by atoms with Crippen LogP contribution in [0.25, 0.3) is 23.1 Å². The van der Waals surface area contributed by atoms with E-state index in [-0.39, 0.29) is 48.6 Å². The Hall–Kier alpha value is -2.74. The minimum Gasteiger partial charge on any atom is -0.508 e. The molecule has 1 saturated carbocycles. The predicted molar refractivity (Wildman–Crippen MR) is 142 cm³/mol. The average Bonchev–Trinajstić information content (AvgIpc) is 2.75. The van der Waals surface area contributed by atoms with Crippen molar-refractivity contribution in [1.29, 1.82) is 0 Å². The first-order chi connectivity index (χ1) is 15.0. The zero-order valence-corrected chi connectivity index (χ0v) is 20.2. The Labute approximate surface area is 210 Å². The lowest BCUT2D eigenvalue weighted by Crippen LogP contribution is -2.38. The summed E-state index contributed by atoms with van der Waals surface area (Å²) >= 11 is 5.96. The number of aromatic nitrogens is 2. The van der Waals surface area contributed by atoms with Crippen molar-refractivity contribution in [2.75, 3.05) is 5.32 Å². The van der Waals surface area contributed by atoms with Gasteiger partial charge in [0.25, 0.3) is 0 Å². The van der Waals surface area contributed by atoms with E-state index in [0.29, 0.717) is 16.7 Å². The van der Waals surface area contributed by atoms with Crippen LogP contribution in [0.15, 0.2) is 47.5 Å². The number of nitrogens with zero attached hydrogens (tertiary/aromatic N) is 3. The van der Waals surface area contributed by atoms with Crippen molar-refractivity contribution in [1.82, 2.24) is 9.97 Å². The number of hydrogen-bond donors (Lipinski definition) is 4. The van der Waals surface area contributed by atoms with Crippen LogP contribution < -0.4 is 16.8 Å². The third-order valence-electron chi connectivity index (χ3n) is 5.36. The van der Waals surface area contributed by atoms with E-state index in [0.717, 1.165) is 42.1 Å². The third-order valence-corrected chi connectivity index (χ3v) is 5.61. The van der Waals surface area contributed by atoms with Gasteiger partial charge in [0.15, 0.2) is 11.8 Å². The first-order valence-corrected chi connectivity index (χ1v) is 10.7. The highest BCUT2D eigenvalue weighted by Crippen LogP contribution is 2.29. The smallest absolute Gasteiger partial charge is 0.186 e. The van der Waals surface area contributed by atoms with E-state index >= 15 is 0 Å². The van der Waals surface area contributed by atoms with E-state index in [2.05, 4.69) is 15.3 Å². The van der Waals surface area contributed by atoms with Gasteiger partial charge >= 0.3 is 0 Å². The number of phenolic OH excluding ortho intramolecular Hbond substituents is 1. The van der Waals surface area contributed by atoms with Crippen LogP contribution in [0.3, 0.4) is 0 Å². The largest absolute Gasteiger partial charge is 0.508 e. The second-order valence-electron chi connectivity index (χ2n) is 7.67. The molecule has 0 spiro atoms.